The molecule has 31 heavy (non-hydrogen) atoms. The number of halogens is 1. The van der Waals surface area contributed by atoms with Gasteiger partial charge in [0, 0.05) is 15.6 Å². The molecule has 0 radical (unpaired) electrons. The van der Waals surface area contributed by atoms with E-state index in [0.29, 0.717) is 21.4 Å². The van der Waals surface area contributed by atoms with Crippen LogP contribution in [0.4, 0.5) is 0 Å². The number of methoxy groups -OCH3 is 1. The summed E-state index contributed by atoms with van der Waals surface area (Å²) in [6, 6.07) is 16.2. The van der Waals surface area contributed by atoms with E-state index in [1.165, 1.54) is 18.7 Å². The van der Waals surface area contributed by atoms with Crippen molar-refractivity contribution in [2.75, 3.05) is 7.11 Å². The van der Waals surface area contributed by atoms with Crippen LogP contribution in [0.1, 0.15) is 34.1 Å². The van der Waals surface area contributed by atoms with Gasteiger partial charge in [-0.1, -0.05) is 72.8 Å². The quantitative estimate of drug-likeness (QED) is 0.324. The lowest BCUT2D eigenvalue weighted by atomic mass is 9.97. The Kier molecular flexibility index (Phi) is 7.05. The minimum absolute atomic E-state index is 0.154. The summed E-state index contributed by atoms with van der Waals surface area (Å²) in [4.78, 5) is 17.3. The Labute approximate surface area is 190 Å². The van der Waals surface area contributed by atoms with Crippen LogP contribution >= 0.6 is 15.9 Å². The van der Waals surface area contributed by atoms with Crippen LogP contribution in [0, 0.1) is 6.92 Å². The first-order valence-corrected chi connectivity index (χ1v) is 10.4. The lowest BCUT2D eigenvalue weighted by Gasteiger charge is -2.18. The summed E-state index contributed by atoms with van der Waals surface area (Å²) in [6.07, 6.45) is 3.34. The van der Waals surface area contributed by atoms with Crippen molar-refractivity contribution in [2.45, 2.75) is 13.8 Å². The summed E-state index contributed by atoms with van der Waals surface area (Å²) in [7, 11) is 1.46. The van der Waals surface area contributed by atoms with Gasteiger partial charge in [0.15, 0.2) is 5.75 Å². The molecular formula is C25H23BrN2O3. The van der Waals surface area contributed by atoms with Crippen molar-refractivity contribution >= 4 is 32.4 Å². The van der Waals surface area contributed by atoms with Crippen LogP contribution in [0.3, 0.4) is 0 Å². The highest BCUT2D eigenvalue weighted by molar-refractivity contribution is 9.15. The average molecular weight is 479 g/mol. The summed E-state index contributed by atoms with van der Waals surface area (Å²) in [5.74, 6) is -0.450. The number of hydrogen-bond acceptors (Lipinski definition) is 4. The normalized spacial score (nSPS) is 11.2. The van der Waals surface area contributed by atoms with Crippen LogP contribution in [0.5, 0.6) is 5.75 Å². The fraction of sp³-hybridized carbons (Fsp3) is 0.120. The van der Waals surface area contributed by atoms with Crippen LogP contribution < -0.4 is 10.2 Å². The molecule has 1 amide bonds. The Morgan fingerprint density at radius 1 is 1.10 bits per heavy atom. The molecule has 1 aromatic heterocycles. The molecule has 2 aromatic carbocycles. The molecule has 158 valence electrons. The van der Waals surface area contributed by atoms with Crippen LogP contribution in [-0.2, 0) is 0 Å². The zero-order valence-corrected chi connectivity index (χ0v) is 19.2. The molecular weight excluding hydrogens is 456 g/mol. The maximum atomic E-state index is 12.5. The molecule has 5 nitrogen and oxygen atoms in total. The maximum absolute atomic E-state index is 12.5. The molecule has 0 aliphatic rings. The van der Waals surface area contributed by atoms with Gasteiger partial charge in [0.25, 0.3) is 5.91 Å². The molecule has 0 aliphatic carbocycles. The van der Waals surface area contributed by atoms with Crippen molar-refractivity contribution in [3.05, 3.63) is 83.6 Å². The van der Waals surface area contributed by atoms with Crippen LogP contribution in [0.25, 0.3) is 32.9 Å². The molecule has 0 unspecified atom stereocenters. The molecule has 0 saturated heterocycles. The number of aromatic nitrogens is 1. The van der Waals surface area contributed by atoms with Crippen LogP contribution in [0.2, 0.25) is 0 Å². The van der Waals surface area contributed by atoms with Gasteiger partial charge in [0.05, 0.1) is 18.4 Å². The van der Waals surface area contributed by atoms with Crippen molar-refractivity contribution in [2.24, 2.45) is 0 Å². The zero-order chi connectivity index (χ0) is 22.5. The highest BCUT2D eigenvalue weighted by Crippen LogP contribution is 2.39. The zero-order valence-electron chi connectivity index (χ0n) is 17.6. The number of benzene rings is 2. The summed E-state index contributed by atoms with van der Waals surface area (Å²) in [6.45, 7) is 7.72. The highest BCUT2D eigenvalue weighted by atomic mass is 79.9. The molecule has 0 fully saturated rings. The Balaban J connectivity index is 2.23. The van der Waals surface area contributed by atoms with Gasteiger partial charge in [0.2, 0.25) is 0 Å². The monoisotopic (exact) mass is 478 g/mol. The summed E-state index contributed by atoms with van der Waals surface area (Å²) < 4.78 is 6.27. The van der Waals surface area contributed by atoms with E-state index >= 15 is 0 Å². The van der Waals surface area contributed by atoms with Crippen molar-refractivity contribution in [1.29, 1.82) is 0 Å². The third-order valence-electron chi connectivity index (χ3n) is 4.95. The second kappa shape index (κ2) is 9.73. The number of allylic oxidation sites excluding steroid dienone is 1. The molecule has 6 heteroatoms. The predicted octanol–water partition coefficient (Wildman–Crippen LogP) is 6.25. The summed E-state index contributed by atoms with van der Waals surface area (Å²) in [5, 5.41) is 9.32. The first-order chi connectivity index (χ1) is 14.9. The number of pyridine rings is 1. The average Bonchev–Trinajstić information content (AvgIpc) is 2.82. The number of nitrogens with zero attached hydrogens (tertiary/aromatic N) is 1. The number of hydrogen-bond donors (Lipinski definition) is 2. The molecule has 0 saturated carbocycles. The number of nitrogens with one attached hydrogen (secondary N) is 1. The molecule has 3 aromatic rings. The predicted molar refractivity (Wildman–Crippen MR) is 128 cm³/mol. The molecule has 0 bridgehead atoms. The maximum Gasteiger partial charge on any atom is 0.279 e. The van der Waals surface area contributed by atoms with Crippen LogP contribution in [0.15, 0.2) is 61.2 Å². The molecule has 0 aliphatic heterocycles. The van der Waals surface area contributed by atoms with Gasteiger partial charge in [0.1, 0.15) is 5.69 Å². The van der Waals surface area contributed by atoms with Gasteiger partial charge >= 0.3 is 0 Å². The standard InChI is InChI=1S/C25H23BrN2O3/c1-5-19-21(25(29)28-30)24(31-4)22(27-23(19)20(26)6-2)18-13-11-17(12-14-18)16-9-7-15(3)8-10-16/h5-14,30H,1H2,2-4H3,(H,28,29)/b20-6+. The molecule has 0 atom stereocenters. The second-order valence-corrected chi connectivity index (χ2v) is 7.71. The summed E-state index contributed by atoms with van der Waals surface area (Å²) >= 11 is 3.50. The number of rotatable bonds is 6. The van der Waals surface area contributed by atoms with Gasteiger partial charge < -0.3 is 4.74 Å². The topological polar surface area (TPSA) is 71.5 Å². The fourth-order valence-electron chi connectivity index (χ4n) is 3.34. The first-order valence-electron chi connectivity index (χ1n) is 9.63. The Morgan fingerprint density at radius 3 is 2.13 bits per heavy atom. The fourth-order valence-corrected chi connectivity index (χ4v) is 3.64. The molecule has 1 heterocycles. The highest BCUT2D eigenvalue weighted by Gasteiger charge is 2.25. The van der Waals surface area contributed by atoms with E-state index in [-0.39, 0.29) is 11.3 Å². The Hall–Kier alpha value is -3.22. The molecule has 0 spiro atoms. The molecule has 2 N–H and O–H groups in total. The number of hydroxylamine groups is 1. The van der Waals surface area contributed by atoms with E-state index in [2.05, 4.69) is 53.7 Å². The molecule has 3 rings (SSSR count). The van der Waals surface area contributed by atoms with Gasteiger partial charge in [-0.3, -0.25) is 10.0 Å². The minimum Gasteiger partial charge on any atom is -0.494 e. The van der Waals surface area contributed by atoms with E-state index in [1.54, 1.807) is 5.48 Å². The third kappa shape index (κ3) is 4.45. The number of carbonyl (C=O) groups excluding carboxylic acids is 1. The lowest BCUT2D eigenvalue weighted by Crippen LogP contribution is -2.22. The van der Waals surface area contributed by atoms with E-state index < -0.39 is 5.91 Å². The van der Waals surface area contributed by atoms with Crippen molar-refractivity contribution < 1.29 is 14.7 Å². The largest absolute Gasteiger partial charge is 0.494 e. The van der Waals surface area contributed by atoms with Crippen molar-refractivity contribution in [1.82, 2.24) is 10.5 Å². The number of aryl methyl sites for hydroxylation is 1. The van der Waals surface area contributed by atoms with Gasteiger partial charge in [-0.15, -0.1) is 0 Å². The van der Waals surface area contributed by atoms with Crippen LogP contribution in [-0.4, -0.2) is 23.2 Å². The number of amides is 1. The van der Waals surface area contributed by atoms with E-state index in [4.69, 9.17) is 9.72 Å². The van der Waals surface area contributed by atoms with Crippen molar-refractivity contribution in [3.8, 4) is 28.1 Å². The van der Waals surface area contributed by atoms with Gasteiger partial charge in [-0.2, -0.15) is 0 Å². The first kappa shape index (κ1) is 22.5. The van der Waals surface area contributed by atoms with E-state index in [1.807, 2.05) is 37.3 Å². The second-order valence-electron chi connectivity index (χ2n) is 6.86. The lowest BCUT2D eigenvalue weighted by molar-refractivity contribution is 0.0703. The minimum atomic E-state index is -0.704. The van der Waals surface area contributed by atoms with E-state index in [0.717, 1.165) is 16.7 Å². The van der Waals surface area contributed by atoms with E-state index in [9.17, 15) is 10.0 Å². The van der Waals surface area contributed by atoms with Crippen molar-refractivity contribution in [3.63, 3.8) is 0 Å². The number of carbonyl (C=O) groups is 1. The smallest absolute Gasteiger partial charge is 0.279 e. The van der Waals surface area contributed by atoms with Gasteiger partial charge in [-0.05, 0) is 40.9 Å². The third-order valence-corrected chi connectivity index (χ3v) is 5.78. The summed E-state index contributed by atoms with van der Waals surface area (Å²) in [5.41, 5.74) is 7.46. The Morgan fingerprint density at radius 2 is 1.65 bits per heavy atom. The number of ether oxygens (including phenoxy) is 1. The Bertz CT molecular complexity index is 1150. The SMILES string of the molecule is C=Cc1c(/C(Br)=C\C)nc(-c2ccc(-c3ccc(C)cc3)cc2)c(OC)c1C(=O)NO. The van der Waals surface area contributed by atoms with Gasteiger partial charge in [-0.25, -0.2) is 10.5 Å².